The zero-order valence-electron chi connectivity index (χ0n) is 17.1. The lowest BCUT2D eigenvalue weighted by atomic mass is 9.98. The van der Waals surface area contributed by atoms with Crippen molar-refractivity contribution in [3.05, 3.63) is 66.6 Å². The Labute approximate surface area is 176 Å². The number of piperidine rings is 1. The van der Waals surface area contributed by atoms with Gasteiger partial charge in [0.15, 0.2) is 0 Å². The Morgan fingerprint density at radius 2 is 1.76 bits per heavy atom. The van der Waals surface area contributed by atoms with Crippen LogP contribution in [0.25, 0.3) is 11.5 Å². The molecule has 0 bridgehead atoms. The van der Waals surface area contributed by atoms with Crippen molar-refractivity contribution in [3.63, 3.8) is 0 Å². The van der Waals surface area contributed by atoms with E-state index in [1.807, 2.05) is 53.6 Å². The number of carbonyl (C=O) groups excluding carboxylic acids is 1. The third-order valence-electron chi connectivity index (χ3n) is 5.63. The van der Waals surface area contributed by atoms with Gasteiger partial charge in [0.2, 0.25) is 5.91 Å². The van der Waals surface area contributed by atoms with Gasteiger partial charge in [-0.3, -0.25) is 4.79 Å². The fourth-order valence-electron chi connectivity index (χ4n) is 4.22. The highest BCUT2D eigenvalue weighted by Gasteiger charge is 2.28. The molecule has 0 N–H and O–H groups in total. The first kappa shape index (κ1) is 19.8. The molecule has 3 aromatic rings. The molecular formula is C23H28N4OS. The first-order valence-corrected chi connectivity index (χ1v) is 11.4. The first-order valence-electron chi connectivity index (χ1n) is 10.3. The number of nitrogens with zero attached hydrogens (tertiary/aromatic N) is 4. The molecule has 0 radical (unpaired) electrons. The molecule has 4 rings (SSSR count). The molecule has 0 saturated carbocycles. The number of likely N-dealkylation sites (tertiary alicyclic amines) is 1. The van der Waals surface area contributed by atoms with Gasteiger partial charge in [0, 0.05) is 35.8 Å². The molecule has 2 unspecified atom stereocenters. The molecule has 6 heteroatoms. The van der Waals surface area contributed by atoms with E-state index >= 15 is 0 Å². The highest BCUT2D eigenvalue weighted by molar-refractivity contribution is 7.99. The molecule has 1 saturated heterocycles. The van der Waals surface area contributed by atoms with Crippen molar-refractivity contribution in [3.8, 4) is 11.5 Å². The summed E-state index contributed by atoms with van der Waals surface area (Å²) in [6, 6.07) is 14.9. The number of amides is 1. The molecular weight excluding hydrogens is 380 g/mol. The van der Waals surface area contributed by atoms with Crippen molar-refractivity contribution < 1.29 is 4.79 Å². The number of hydrogen-bond donors (Lipinski definition) is 0. The Morgan fingerprint density at radius 1 is 1.07 bits per heavy atom. The highest BCUT2D eigenvalue weighted by atomic mass is 32.2. The number of rotatable bonds is 6. The van der Waals surface area contributed by atoms with Crippen LogP contribution in [0.2, 0.25) is 0 Å². The van der Waals surface area contributed by atoms with E-state index < -0.39 is 0 Å². The zero-order valence-corrected chi connectivity index (χ0v) is 17.9. The Morgan fingerprint density at radius 3 is 2.45 bits per heavy atom. The van der Waals surface area contributed by atoms with Crippen LogP contribution in [0, 0.1) is 0 Å². The molecule has 152 valence electrons. The minimum atomic E-state index is 0.257. The van der Waals surface area contributed by atoms with E-state index in [4.69, 9.17) is 0 Å². The van der Waals surface area contributed by atoms with Crippen molar-refractivity contribution in [2.24, 2.45) is 0 Å². The van der Waals surface area contributed by atoms with Crippen molar-refractivity contribution in [1.82, 2.24) is 19.2 Å². The summed E-state index contributed by atoms with van der Waals surface area (Å²) in [6.45, 7) is 4.35. The van der Waals surface area contributed by atoms with Gasteiger partial charge in [0.05, 0.1) is 17.6 Å². The molecule has 1 aromatic carbocycles. The predicted octanol–water partition coefficient (Wildman–Crippen LogP) is 4.69. The number of carbonyl (C=O) groups is 1. The standard InChI is InChI=1S/C23H28N4OS/c1-18-9-8-10-19(2)26(18)22(28)17-29-16-20-15-24-27(21-11-4-3-5-12-21)23(20)25-13-6-7-14-25/h3-7,11-15,18-19H,8-10,16-17H2,1-2H3. The van der Waals surface area contributed by atoms with E-state index in [1.54, 1.807) is 11.8 Å². The summed E-state index contributed by atoms with van der Waals surface area (Å²) in [4.78, 5) is 14.9. The molecule has 0 spiro atoms. The summed E-state index contributed by atoms with van der Waals surface area (Å²) in [5.74, 6) is 2.55. The molecule has 0 aliphatic carbocycles. The summed E-state index contributed by atoms with van der Waals surface area (Å²) in [7, 11) is 0. The van der Waals surface area contributed by atoms with Crippen LogP contribution >= 0.6 is 11.8 Å². The quantitative estimate of drug-likeness (QED) is 0.594. The minimum Gasteiger partial charge on any atom is -0.337 e. The second-order valence-corrected chi connectivity index (χ2v) is 8.74. The smallest absolute Gasteiger partial charge is 0.233 e. The number of benzene rings is 1. The van der Waals surface area contributed by atoms with Gasteiger partial charge in [-0.1, -0.05) is 18.2 Å². The van der Waals surface area contributed by atoms with Gasteiger partial charge in [0.1, 0.15) is 5.82 Å². The maximum absolute atomic E-state index is 12.8. The second-order valence-electron chi connectivity index (χ2n) is 7.75. The third-order valence-corrected chi connectivity index (χ3v) is 6.60. The van der Waals surface area contributed by atoms with Gasteiger partial charge < -0.3 is 9.47 Å². The van der Waals surface area contributed by atoms with Crippen LogP contribution < -0.4 is 0 Å². The molecule has 1 aliphatic heterocycles. The minimum absolute atomic E-state index is 0.257. The number of thioether (sulfide) groups is 1. The van der Waals surface area contributed by atoms with Gasteiger partial charge in [-0.15, -0.1) is 11.8 Å². The van der Waals surface area contributed by atoms with Gasteiger partial charge in [-0.05, 0) is 57.4 Å². The van der Waals surface area contributed by atoms with E-state index in [-0.39, 0.29) is 5.91 Å². The molecule has 2 atom stereocenters. The SMILES string of the molecule is CC1CCCC(C)N1C(=O)CSCc1cnn(-c2ccccc2)c1-n1cccc1. The molecule has 1 aliphatic rings. The summed E-state index contributed by atoms with van der Waals surface area (Å²) in [6.07, 6.45) is 9.44. The largest absolute Gasteiger partial charge is 0.337 e. The van der Waals surface area contributed by atoms with Crippen LogP contribution in [0.15, 0.2) is 61.1 Å². The van der Waals surface area contributed by atoms with E-state index in [2.05, 4.69) is 40.5 Å². The lowest BCUT2D eigenvalue weighted by Gasteiger charge is -2.39. The molecule has 1 fully saturated rings. The van der Waals surface area contributed by atoms with Crippen LogP contribution in [-0.4, -0.2) is 43.0 Å². The Bertz CT molecular complexity index is 925. The first-order chi connectivity index (χ1) is 14.1. The van der Waals surface area contributed by atoms with Gasteiger partial charge in [0.25, 0.3) is 0 Å². The van der Waals surface area contributed by atoms with Crippen molar-refractivity contribution in [2.75, 3.05) is 5.75 Å². The number of para-hydroxylation sites is 1. The summed E-state index contributed by atoms with van der Waals surface area (Å²) < 4.78 is 4.05. The van der Waals surface area contributed by atoms with Crippen LogP contribution in [0.4, 0.5) is 0 Å². The van der Waals surface area contributed by atoms with E-state index in [0.29, 0.717) is 17.8 Å². The van der Waals surface area contributed by atoms with E-state index in [1.165, 1.54) is 6.42 Å². The van der Waals surface area contributed by atoms with Crippen LogP contribution in [-0.2, 0) is 10.5 Å². The zero-order chi connectivity index (χ0) is 20.2. The average molecular weight is 409 g/mol. The van der Waals surface area contributed by atoms with E-state index in [0.717, 1.165) is 35.7 Å². The predicted molar refractivity (Wildman–Crippen MR) is 119 cm³/mol. The topological polar surface area (TPSA) is 43.1 Å². The normalized spacial score (nSPS) is 19.4. The molecule has 2 aromatic heterocycles. The average Bonchev–Trinajstić information content (AvgIpc) is 3.38. The summed E-state index contributed by atoms with van der Waals surface area (Å²) >= 11 is 1.67. The van der Waals surface area contributed by atoms with Crippen molar-refractivity contribution >= 4 is 17.7 Å². The third kappa shape index (κ3) is 4.27. The number of aromatic nitrogens is 3. The fourth-order valence-corrected chi connectivity index (χ4v) is 5.07. The van der Waals surface area contributed by atoms with Gasteiger partial charge >= 0.3 is 0 Å². The van der Waals surface area contributed by atoms with Crippen molar-refractivity contribution in [2.45, 2.75) is 50.9 Å². The van der Waals surface area contributed by atoms with E-state index in [9.17, 15) is 4.79 Å². The molecule has 5 nitrogen and oxygen atoms in total. The van der Waals surface area contributed by atoms with Gasteiger partial charge in [-0.25, -0.2) is 4.68 Å². The lowest BCUT2D eigenvalue weighted by molar-refractivity contribution is -0.134. The maximum Gasteiger partial charge on any atom is 0.233 e. The lowest BCUT2D eigenvalue weighted by Crippen LogP contribution is -2.48. The monoisotopic (exact) mass is 408 g/mol. The van der Waals surface area contributed by atoms with Crippen molar-refractivity contribution in [1.29, 1.82) is 0 Å². The number of hydrogen-bond acceptors (Lipinski definition) is 3. The Hall–Kier alpha value is -2.47. The highest BCUT2D eigenvalue weighted by Crippen LogP contribution is 2.26. The molecule has 1 amide bonds. The summed E-state index contributed by atoms with van der Waals surface area (Å²) in [5, 5.41) is 4.64. The Balaban J connectivity index is 1.49. The maximum atomic E-state index is 12.8. The summed E-state index contributed by atoms with van der Waals surface area (Å²) in [5.41, 5.74) is 2.15. The Kier molecular flexibility index (Phi) is 6.09. The van der Waals surface area contributed by atoms with Gasteiger partial charge in [-0.2, -0.15) is 5.10 Å². The fraction of sp³-hybridized carbons (Fsp3) is 0.391. The molecule has 3 heterocycles. The molecule has 29 heavy (non-hydrogen) atoms. The second kappa shape index (κ2) is 8.91. The van der Waals surface area contributed by atoms with Crippen LogP contribution in [0.5, 0.6) is 0 Å². The van der Waals surface area contributed by atoms with Crippen LogP contribution in [0.1, 0.15) is 38.7 Å². The van der Waals surface area contributed by atoms with Crippen LogP contribution in [0.3, 0.4) is 0 Å².